The van der Waals surface area contributed by atoms with Gasteiger partial charge in [0.05, 0.1) is 5.97 Å². The van der Waals surface area contributed by atoms with Crippen LogP contribution in [0, 0.1) is 18.3 Å². The minimum absolute atomic E-state index is 0.00909. The maximum absolute atomic E-state index is 12.4. The van der Waals surface area contributed by atoms with Crippen LogP contribution in [0.2, 0.25) is 0 Å². The molecule has 3 rings (SSSR count). The highest BCUT2D eigenvalue weighted by atomic mass is 16.4. The number of furan rings is 1. The second-order valence-corrected chi connectivity index (χ2v) is 5.97. The van der Waals surface area contributed by atoms with Crippen molar-refractivity contribution in [3.63, 3.8) is 0 Å². The lowest BCUT2D eigenvalue weighted by molar-refractivity contribution is -0.254. The summed E-state index contributed by atoms with van der Waals surface area (Å²) in [7, 11) is 0. The number of benzene rings is 2. The number of aryl methyl sites for hydroxylation is 1. The summed E-state index contributed by atoms with van der Waals surface area (Å²) in [5, 5.41) is 23.3. The van der Waals surface area contributed by atoms with Crippen LogP contribution in [-0.4, -0.2) is 11.9 Å². The Hall–Kier alpha value is -4.11. The lowest BCUT2D eigenvalue weighted by Crippen LogP contribution is -2.22. The third-order valence-corrected chi connectivity index (χ3v) is 4.08. The summed E-state index contributed by atoms with van der Waals surface area (Å²) in [4.78, 5) is 23.6. The molecule has 6 nitrogen and oxygen atoms in total. The standard InChI is InChI=1S/C22H16N2O4/c1-14-6-2-5-9-19(14)24-21(25)15(13-23)12-16-10-11-20(28-16)17-7-3-4-8-18(17)22(26)27/h2-12H,1H3,(H,24,25)(H,26,27)/p-1/b15-12-. The summed E-state index contributed by atoms with van der Waals surface area (Å²) < 4.78 is 5.62. The molecule has 1 N–H and O–H groups in total. The van der Waals surface area contributed by atoms with Crippen molar-refractivity contribution in [2.75, 3.05) is 5.32 Å². The summed E-state index contributed by atoms with van der Waals surface area (Å²) in [5.74, 6) is -1.34. The number of nitrogens with one attached hydrogen (secondary N) is 1. The van der Waals surface area contributed by atoms with E-state index in [1.54, 1.807) is 42.5 Å². The first-order valence-electron chi connectivity index (χ1n) is 8.39. The zero-order valence-corrected chi connectivity index (χ0v) is 14.9. The molecule has 138 valence electrons. The number of aromatic carboxylic acids is 1. The molecule has 3 aromatic rings. The van der Waals surface area contributed by atoms with Crippen molar-refractivity contribution in [3.8, 4) is 17.4 Å². The van der Waals surface area contributed by atoms with E-state index in [9.17, 15) is 20.0 Å². The van der Waals surface area contributed by atoms with Gasteiger partial charge in [-0.2, -0.15) is 5.26 Å². The van der Waals surface area contributed by atoms with E-state index in [1.165, 1.54) is 12.1 Å². The zero-order valence-electron chi connectivity index (χ0n) is 14.9. The number of hydrogen-bond donors (Lipinski definition) is 1. The van der Waals surface area contributed by atoms with E-state index in [2.05, 4.69) is 5.32 Å². The van der Waals surface area contributed by atoms with E-state index in [0.717, 1.165) is 5.56 Å². The number of carbonyl (C=O) groups excluding carboxylic acids is 2. The molecule has 0 spiro atoms. The molecule has 6 heteroatoms. The number of carboxylic acid groups (broad SMARTS) is 1. The Morgan fingerprint density at radius 2 is 1.79 bits per heavy atom. The lowest BCUT2D eigenvalue weighted by atomic mass is 10.1. The maximum Gasteiger partial charge on any atom is 0.266 e. The highest BCUT2D eigenvalue weighted by molar-refractivity contribution is 6.09. The molecule has 0 saturated heterocycles. The molecule has 0 bridgehead atoms. The van der Waals surface area contributed by atoms with Crippen molar-refractivity contribution in [1.82, 2.24) is 0 Å². The van der Waals surface area contributed by atoms with E-state index < -0.39 is 11.9 Å². The van der Waals surface area contributed by atoms with Crippen molar-refractivity contribution in [1.29, 1.82) is 5.26 Å². The quantitative estimate of drug-likeness (QED) is 0.548. The third-order valence-electron chi connectivity index (χ3n) is 4.08. The van der Waals surface area contributed by atoms with Crippen LogP contribution in [0.15, 0.2) is 70.7 Å². The molecule has 0 saturated carbocycles. The number of hydrogen-bond acceptors (Lipinski definition) is 5. The van der Waals surface area contributed by atoms with Gasteiger partial charge in [-0.25, -0.2) is 0 Å². The Labute approximate surface area is 161 Å². The Bertz CT molecular complexity index is 1120. The zero-order chi connectivity index (χ0) is 20.1. The van der Waals surface area contributed by atoms with Crippen LogP contribution in [0.3, 0.4) is 0 Å². The number of carbonyl (C=O) groups is 2. The van der Waals surface area contributed by atoms with Gasteiger partial charge < -0.3 is 19.6 Å². The molecule has 28 heavy (non-hydrogen) atoms. The summed E-state index contributed by atoms with van der Waals surface area (Å²) in [6, 6.07) is 18.5. The van der Waals surface area contributed by atoms with Gasteiger partial charge in [0.25, 0.3) is 5.91 Å². The SMILES string of the molecule is Cc1ccccc1NC(=O)/C(C#N)=C\c1ccc(-c2ccccc2C(=O)[O-])o1. The van der Waals surface area contributed by atoms with E-state index >= 15 is 0 Å². The van der Waals surface area contributed by atoms with E-state index in [0.29, 0.717) is 17.0 Å². The van der Waals surface area contributed by atoms with Crippen molar-refractivity contribution >= 4 is 23.6 Å². The van der Waals surface area contributed by atoms with E-state index in [4.69, 9.17) is 4.42 Å². The summed E-state index contributed by atoms with van der Waals surface area (Å²) in [6.45, 7) is 1.85. The molecule has 0 fully saturated rings. The van der Waals surface area contributed by atoms with Crippen LogP contribution in [-0.2, 0) is 4.79 Å². The van der Waals surface area contributed by atoms with Crippen LogP contribution in [0.5, 0.6) is 0 Å². The van der Waals surface area contributed by atoms with Gasteiger partial charge in [-0.1, -0.05) is 42.5 Å². The molecule has 0 aliphatic rings. The van der Waals surface area contributed by atoms with Gasteiger partial charge in [-0.15, -0.1) is 0 Å². The predicted molar refractivity (Wildman–Crippen MR) is 102 cm³/mol. The topological polar surface area (TPSA) is 106 Å². The highest BCUT2D eigenvalue weighted by Crippen LogP contribution is 2.26. The fourth-order valence-corrected chi connectivity index (χ4v) is 2.64. The van der Waals surface area contributed by atoms with Gasteiger partial charge in [0.1, 0.15) is 23.2 Å². The molecule has 2 aromatic carbocycles. The maximum atomic E-state index is 12.4. The van der Waals surface area contributed by atoms with Gasteiger partial charge >= 0.3 is 0 Å². The summed E-state index contributed by atoms with van der Waals surface area (Å²) in [5.41, 5.74) is 1.68. The number of nitrogens with zero attached hydrogens (tertiary/aromatic N) is 1. The van der Waals surface area contributed by atoms with Gasteiger partial charge in [0.15, 0.2) is 0 Å². The minimum atomic E-state index is -1.32. The smallest absolute Gasteiger partial charge is 0.266 e. The van der Waals surface area contributed by atoms with Crippen molar-refractivity contribution in [2.24, 2.45) is 0 Å². The summed E-state index contributed by atoms with van der Waals surface area (Å²) in [6.07, 6.45) is 1.30. The van der Waals surface area contributed by atoms with Crippen LogP contribution in [0.25, 0.3) is 17.4 Å². The first kappa shape index (κ1) is 18.7. The number of anilines is 1. The van der Waals surface area contributed by atoms with Gasteiger partial charge in [0.2, 0.25) is 0 Å². The van der Waals surface area contributed by atoms with E-state index in [-0.39, 0.29) is 16.9 Å². The van der Waals surface area contributed by atoms with Crippen molar-refractivity contribution < 1.29 is 19.1 Å². The second kappa shape index (κ2) is 8.06. The fourth-order valence-electron chi connectivity index (χ4n) is 2.64. The predicted octanol–water partition coefficient (Wildman–Crippen LogP) is 3.16. The van der Waals surface area contributed by atoms with Crippen LogP contribution in [0.4, 0.5) is 5.69 Å². The number of para-hydroxylation sites is 1. The molecule has 0 radical (unpaired) electrons. The Morgan fingerprint density at radius 3 is 2.50 bits per heavy atom. The molecule has 0 aliphatic carbocycles. The molecular formula is C22H15N2O4-. The average molecular weight is 371 g/mol. The van der Waals surface area contributed by atoms with Crippen molar-refractivity contribution in [3.05, 3.63) is 83.1 Å². The molecule has 0 atom stereocenters. The molecule has 1 amide bonds. The first-order valence-corrected chi connectivity index (χ1v) is 8.39. The van der Waals surface area contributed by atoms with Gasteiger partial charge in [-0.05, 0) is 30.7 Å². The molecule has 0 aliphatic heterocycles. The van der Waals surface area contributed by atoms with Crippen LogP contribution in [0.1, 0.15) is 21.7 Å². The second-order valence-electron chi connectivity index (χ2n) is 5.97. The number of carboxylic acids is 1. The number of amides is 1. The molecule has 0 unspecified atom stereocenters. The number of rotatable bonds is 5. The third kappa shape index (κ3) is 4.00. The molecule has 1 heterocycles. The molecular weight excluding hydrogens is 356 g/mol. The fraction of sp³-hybridized carbons (Fsp3) is 0.0455. The first-order chi connectivity index (χ1) is 13.5. The Balaban J connectivity index is 1.87. The normalized spacial score (nSPS) is 10.9. The largest absolute Gasteiger partial charge is 0.545 e. The highest BCUT2D eigenvalue weighted by Gasteiger charge is 2.13. The van der Waals surface area contributed by atoms with Crippen molar-refractivity contribution in [2.45, 2.75) is 6.92 Å². The Kier molecular flexibility index (Phi) is 5.38. The van der Waals surface area contributed by atoms with Crippen LogP contribution >= 0.6 is 0 Å². The molecule has 1 aromatic heterocycles. The van der Waals surface area contributed by atoms with Gasteiger partial charge in [-0.3, -0.25) is 4.79 Å². The summed E-state index contributed by atoms with van der Waals surface area (Å²) >= 11 is 0. The monoisotopic (exact) mass is 371 g/mol. The van der Waals surface area contributed by atoms with E-state index in [1.807, 2.05) is 25.1 Å². The average Bonchev–Trinajstić information content (AvgIpc) is 3.16. The number of nitriles is 1. The van der Waals surface area contributed by atoms with Gasteiger partial charge in [0, 0.05) is 22.9 Å². The van der Waals surface area contributed by atoms with Crippen LogP contribution < -0.4 is 10.4 Å². The Morgan fingerprint density at radius 1 is 1.07 bits per heavy atom. The minimum Gasteiger partial charge on any atom is -0.545 e. The lowest BCUT2D eigenvalue weighted by Gasteiger charge is -2.07.